The molecule has 0 fully saturated rings. The standard InChI is InChI=1S/C11H18N2O2S/c1-2-3-4-5-8-15-10(14)9-16-11-12-6-7-13-11/h6-7H,2-5,8-9H2,1H3,(H,12,13). The Morgan fingerprint density at radius 3 is 3.06 bits per heavy atom. The molecule has 1 rings (SSSR count). The Kier molecular flexibility index (Phi) is 6.72. The van der Waals surface area contributed by atoms with Gasteiger partial charge in [-0.2, -0.15) is 0 Å². The Hall–Kier alpha value is -0.970. The average Bonchev–Trinajstić information content (AvgIpc) is 2.79. The number of aromatic nitrogens is 2. The van der Waals surface area contributed by atoms with Crippen molar-refractivity contribution < 1.29 is 9.53 Å². The van der Waals surface area contributed by atoms with E-state index in [1.807, 2.05) is 0 Å². The number of hydrogen-bond donors (Lipinski definition) is 1. The molecule has 5 heteroatoms. The number of nitrogens with zero attached hydrogens (tertiary/aromatic N) is 1. The predicted molar refractivity (Wildman–Crippen MR) is 64.4 cm³/mol. The van der Waals surface area contributed by atoms with Crippen LogP contribution in [0.15, 0.2) is 17.6 Å². The molecule has 0 aliphatic carbocycles. The van der Waals surface area contributed by atoms with E-state index in [2.05, 4.69) is 16.9 Å². The maximum Gasteiger partial charge on any atom is 0.316 e. The molecule has 1 heterocycles. The first-order valence-corrected chi connectivity index (χ1v) is 6.59. The number of thioether (sulfide) groups is 1. The highest BCUT2D eigenvalue weighted by molar-refractivity contribution is 7.99. The highest BCUT2D eigenvalue weighted by atomic mass is 32.2. The summed E-state index contributed by atoms with van der Waals surface area (Å²) in [7, 11) is 0. The van der Waals surface area contributed by atoms with Gasteiger partial charge in [0.1, 0.15) is 0 Å². The molecule has 0 saturated carbocycles. The van der Waals surface area contributed by atoms with Crippen molar-refractivity contribution in [2.24, 2.45) is 0 Å². The molecular weight excluding hydrogens is 224 g/mol. The summed E-state index contributed by atoms with van der Waals surface area (Å²) in [6, 6.07) is 0. The summed E-state index contributed by atoms with van der Waals surface area (Å²) in [5.74, 6) is 0.152. The minimum Gasteiger partial charge on any atom is -0.465 e. The number of hydrogen-bond acceptors (Lipinski definition) is 4. The van der Waals surface area contributed by atoms with Crippen molar-refractivity contribution in [3.05, 3.63) is 12.4 Å². The van der Waals surface area contributed by atoms with E-state index >= 15 is 0 Å². The normalized spacial score (nSPS) is 10.3. The van der Waals surface area contributed by atoms with Crippen molar-refractivity contribution in [2.75, 3.05) is 12.4 Å². The SMILES string of the molecule is CCCCCCOC(=O)CSc1ncc[nH]1. The van der Waals surface area contributed by atoms with Crippen LogP contribution in [0.2, 0.25) is 0 Å². The first kappa shape index (κ1) is 13.1. The van der Waals surface area contributed by atoms with Crippen molar-refractivity contribution in [3.63, 3.8) is 0 Å². The lowest BCUT2D eigenvalue weighted by atomic mass is 10.2. The third-order valence-corrected chi connectivity index (χ3v) is 2.94. The highest BCUT2D eigenvalue weighted by Gasteiger charge is 2.04. The number of ether oxygens (including phenoxy) is 1. The van der Waals surface area contributed by atoms with Crippen LogP contribution in [0.25, 0.3) is 0 Å². The number of rotatable bonds is 8. The lowest BCUT2D eigenvalue weighted by Crippen LogP contribution is -2.08. The summed E-state index contributed by atoms with van der Waals surface area (Å²) in [5.41, 5.74) is 0. The van der Waals surface area contributed by atoms with Crippen LogP contribution in [-0.2, 0) is 9.53 Å². The summed E-state index contributed by atoms with van der Waals surface area (Å²) in [6.07, 6.45) is 7.90. The van der Waals surface area contributed by atoms with Gasteiger partial charge in [0.15, 0.2) is 5.16 Å². The molecule has 0 unspecified atom stereocenters. The summed E-state index contributed by atoms with van der Waals surface area (Å²) in [4.78, 5) is 18.2. The van der Waals surface area contributed by atoms with E-state index in [4.69, 9.17) is 4.74 Å². The maximum atomic E-state index is 11.3. The quantitative estimate of drug-likeness (QED) is 0.432. The van der Waals surface area contributed by atoms with Crippen LogP contribution >= 0.6 is 11.8 Å². The van der Waals surface area contributed by atoms with E-state index in [9.17, 15) is 4.79 Å². The fraction of sp³-hybridized carbons (Fsp3) is 0.636. The molecule has 90 valence electrons. The minimum atomic E-state index is -0.169. The second kappa shape index (κ2) is 8.21. The maximum absolute atomic E-state index is 11.3. The van der Waals surface area contributed by atoms with Crippen molar-refractivity contribution in [3.8, 4) is 0 Å². The zero-order valence-electron chi connectivity index (χ0n) is 9.57. The number of nitrogens with one attached hydrogen (secondary N) is 1. The number of imidazole rings is 1. The van der Waals surface area contributed by atoms with E-state index in [1.165, 1.54) is 24.6 Å². The topological polar surface area (TPSA) is 55.0 Å². The molecule has 16 heavy (non-hydrogen) atoms. The van der Waals surface area contributed by atoms with Crippen LogP contribution in [0.4, 0.5) is 0 Å². The van der Waals surface area contributed by atoms with E-state index in [0.717, 1.165) is 18.0 Å². The van der Waals surface area contributed by atoms with Gasteiger partial charge in [-0.25, -0.2) is 4.98 Å². The average molecular weight is 242 g/mol. The van der Waals surface area contributed by atoms with Gasteiger partial charge in [-0.05, 0) is 6.42 Å². The van der Waals surface area contributed by atoms with Crippen LogP contribution in [-0.4, -0.2) is 28.3 Å². The monoisotopic (exact) mass is 242 g/mol. The first-order valence-electron chi connectivity index (χ1n) is 5.60. The summed E-state index contributed by atoms with van der Waals surface area (Å²) in [5, 5.41) is 0.753. The molecule has 4 nitrogen and oxygen atoms in total. The molecule has 0 aliphatic rings. The van der Waals surface area contributed by atoms with Crippen LogP contribution in [0.5, 0.6) is 0 Å². The molecule has 0 saturated heterocycles. The highest BCUT2D eigenvalue weighted by Crippen LogP contribution is 2.11. The molecule has 0 atom stereocenters. The largest absolute Gasteiger partial charge is 0.465 e. The number of aromatic amines is 1. The lowest BCUT2D eigenvalue weighted by molar-refractivity contribution is -0.140. The molecule has 0 bridgehead atoms. The fourth-order valence-corrected chi connectivity index (χ4v) is 1.84. The lowest BCUT2D eigenvalue weighted by Gasteiger charge is -2.03. The molecule has 0 aliphatic heterocycles. The summed E-state index contributed by atoms with van der Waals surface area (Å²) in [6.45, 7) is 2.70. The number of carbonyl (C=O) groups is 1. The molecule has 0 amide bonds. The first-order chi connectivity index (χ1) is 7.83. The van der Waals surface area contributed by atoms with Crippen molar-refractivity contribution in [1.29, 1.82) is 0 Å². The third-order valence-electron chi connectivity index (χ3n) is 2.06. The zero-order chi connectivity index (χ0) is 11.6. The van der Waals surface area contributed by atoms with Crippen LogP contribution in [0, 0.1) is 0 Å². The van der Waals surface area contributed by atoms with Crippen molar-refractivity contribution in [1.82, 2.24) is 9.97 Å². The Morgan fingerprint density at radius 2 is 2.38 bits per heavy atom. The van der Waals surface area contributed by atoms with Gasteiger partial charge < -0.3 is 9.72 Å². The van der Waals surface area contributed by atoms with Gasteiger partial charge in [0.2, 0.25) is 0 Å². The summed E-state index contributed by atoms with van der Waals surface area (Å²) >= 11 is 1.36. The van der Waals surface area contributed by atoms with E-state index < -0.39 is 0 Å². The van der Waals surface area contributed by atoms with E-state index in [-0.39, 0.29) is 5.97 Å². The van der Waals surface area contributed by atoms with Crippen molar-refractivity contribution in [2.45, 2.75) is 37.8 Å². The van der Waals surface area contributed by atoms with Crippen molar-refractivity contribution >= 4 is 17.7 Å². The van der Waals surface area contributed by atoms with Gasteiger partial charge in [0.05, 0.1) is 12.4 Å². The Labute approximate surface area is 100 Å². The second-order valence-electron chi connectivity index (χ2n) is 3.46. The third kappa shape index (κ3) is 5.80. The number of esters is 1. The number of H-pyrrole nitrogens is 1. The van der Waals surface area contributed by atoms with Gasteiger partial charge in [-0.3, -0.25) is 4.79 Å². The van der Waals surface area contributed by atoms with Crippen LogP contribution in [0.3, 0.4) is 0 Å². The second-order valence-corrected chi connectivity index (χ2v) is 4.43. The fourth-order valence-electron chi connectivity index (χ4n) is 1.21. The molecule has 0 spiro atoms. The molecule has 1 aromatic rings. The predicted octanol–water partition coefficient (Wildman–Crippen LogP) is 2.63. The van der Waals surface area contributed by atoms with Gasteiger partial charge in [0.25, 0.3) is 0 Å². The minimum absolute atomic E-state index is 0.169. The smallest absolute Gasteiger partial charge is 0.316 e. The van der Waals surface area contributed by atoms with Gasteiger partial charge in [-0.1, -0.05) is 37.9 Å². The molecular formula is C11H18N2O2S. The van der Waals surface area contributed by atoms with E-state index in [1.54, 1.807) is 12.4 Å². The van der Waals surface area contributed by atoms with Gasteiger partial charge in [-0.15, -0.1) is 0 Å². The number of carbonyl (C=O) groups excluding carboxylic acids is 1. The summed E-state index contributed by atoms with van der Waals surface area (Å²) < 4.78 is 5.09. The van der Waals surface area contributed by atoms with Crippen LogP contribution in [0.1, 0.15) is 32.6 Å². The number of unbranched alkanes of at least 4 members (excludes halogenated alkanes) is 3. The Balaban J connectivity index is 1.99. The molecule has 1 N–H and O–H groups in total. The zero-order valence-corrected chi connectivity index (χ0v) is 10.4. The van der Waals surface area contributed by atoms with Crippen LogP contribution < -0.4 is 0 Å². The Morgan fingerprint density at radius 1 is 1.50 bits per heavy atom. The van der Waals surface area contributed by atoms with Gasteiger partial charge >= 0.3 is 5.97 Å². The molecule has 1 aromatic heterocycles. The van der Waals surface area contributed by atoms with E-state index in [0.29, 0.717) is 12.4 Å². The molecule has 0 aromatic carbocycles. The Bertz CT molecular complexity index is 288. The van der Waals surface area contributed by atoms with Gasteiger partial charge in [0, 0.05) is 12.4 Å². The molecule has 0 radical (unpaired) electrons.